The highest BCUT2D eigenvalue weighted by atomic mass is 32.1. The van der Waals surface area contributed by atoms with E-state index in [0.717, 1.165) is 27.3 Å². The molecule has 0 saturated carbocycles. The monoisotopic (exact) mass is 524 g/mol. The molecule has 2 amide bonds. The number of rotatable bonds is 3. The Hall–Kier alpha value is -3.60. The molecular weight excluding hydrogens is 492 g/mol. The number of nitrogen functional groups attached to an aromatic ring is 1. The summed E-state index contributed by atoms with van der Waals surface area (Å²) in [4.78, 5) is 39.6. The minimum absolute atomic E-state index is 0.190. The molecule has 5 rings (SSSR count). The van der Waals surface area contributed by atoms with Crippen molar-refractivity contribution in [3.8, 4) is 5.88 Å². The number of piperazine rings is 1. The average molecular weight is 525 g/mol. The van der Waals surface area contributed by atoms with Gasteiger partial charge in [0, 0.05) is 49.2 Å². The van der Waals surface area contributed by atoms with Gasteiger partial charge in [-0.05, 0) is 52.0 Å². The lowest BCUT2D eigenvalue weighted by molar-refractivity contribution is 0.0240. The first kappa shape index (κ1) is 25.1. The van der Waals surface area contributed by atoms with E-state index in [2.05, 4.69) is 15.2 Å². The number of hydrogen-bond acceptors (Lipinski definition) is 9. The zero-order valence-electron chi connectivity index (χ0n) is 21.5. The van der Waals surface area contributed by atoms with Crippen molar-refractivity contribution < 1.29 is 19.1 Å². The van der Waals surface area contributed by atoms with Gasteiger partial charge in [-0.3, -0.25) is 4.79 Å². The van der Waals surface area contributed by atoms with Crippen LogP contribution in [-0.4, -0.2) is 71.3 Å². The lowest BCUT2D eigenvalue weighted by atomic mass is 10.1. The van der Waals surface area contributed by atoms with Crippen LogP contribution in [-0.2, 0) is 11.2 Å². The van der Waals surface area contributed by atoms with Crippen molar-refractivity contribution in [1.82, 2.24) is 20.2 Å². The first-order chi connectivity index (χ1) is 17.6. The molecular formula is C26H32N6O4S. The minimum Gasteiger partial charge on any atom is -0.475 e. The van der Waals surface area contributed by atoms with E-state index >= 15 is 0 Å². The van der Waals surface area contributed by atoms with E-state index in [-0.39, 0.29) is 18.0 Å². The SMILES string of the molecule is Cc1ccc2c(N)c(C(=O)NC3COc4nc(N5CCN(C(=O)OC(C)(C)C)CC5)ccc4C3)sc2n1. The van der Waals surface area contributed by atoms with Gasteiger partial charge in [-0.1, -0.05) is 0 Å². The molecule has 2 aliphatic rings. The molecule has 0 bridgehead atoms. The molecule has 1 fully saturated rings. The van der Waals surface area contributed by atoms with Gasteiger partial charge in [0.05, 0.1) is 11.7 Å². The Bertz CT molecular complexity index is 1340. The van der Waals surface area contributed by atoms with Gasteiger partial charge in [0.15, 0.2) is 0 Å². The number of aryl methyl sites for hydroxylation is 1. The molecule has 5 heterocycles. The number of nitrogens with one attached hydrogen (secondary N) is 1. The molecule has 0 spiro atoms. The van der Waals surface area contributed by atoms with E-state index in [1.54, 1.807) is 4.90 Å². The molecule has 11 heteroatoms. The lowest BCUT2D eigenvalue weighted by Gasteiger charge is -2.36. The molecule has 0 aromatic carbocycles. The van der Waals surface area contributed by atoms with E-state index in [4.69, 9.17) is 20.2 Å². The second-order valence-electron chi connectivity index (χ2n) is 10.4. The number of nitrogens with zero attached hydrogens (tertiary/aromatic N) is 4. The number of aromatic nitrogens is 2. The number of ether oxygens (including phenoxy) is 2. The molecule has 196 valence electrons. The molecule has 1 atom stereocenters. The van der Waals surface area contributed by atoms with Gasteiger partial charge >= 0.3 is 6.09 Å². The van der Waals surface area contributed by atoms with Crippen molar-refractivity contribution in [2.75, 3.05) is 43.4 Å². The van der Waals surface area contributed by atoms with Crippen LogP contribution in [0.25, 0.3) is 10.2 Å². The number of fused-ring (bicyclic) bond motifs is 2. The molecule has 1 saturated heterocycles. The van der Waals surface area contributed by atoms with Gasteiger partial charge in [0.25, 0.3) is 5.91 Å². The van der Waals surface area contributed by atoms with Crippen molar-refractivity contribution in [1.29, 1.82) is 0 Å². The molecule has 0 aliphatic carbocycles. The van der Waals surface area contributed by atoms with Crippen LogP contribution in [0.3, 0.4) is 0 Å². The minimum atomic E-state index is -0.510. The normalized spacial score (nSPS) is 17.8. The smallest absolute Gasteiger partial charge is 0.410 e. The van der Waals surface area contributed by atoms with Crippen molar-refractivity contribution in [3.63, 3.8) is 0 Å². The molecule has 10 nitrogen and oxygen atoms in total. The second-order valence-corrected chi connectivity index (χ2v) is 11.4. The lowest BCUT2D eigenvalue weighted by Crippen LogP contribution is -2.50. The summed E-state index contributed by atoms with van der Waals surface area (Å²) in [6.07, 6.45) is 0.328. The van der Waals surface area contributed by atoms with Crippen LogP contribution in [0, 0.1) is 6.92 Å². The summed E-state index contributed by atoms with van der Waals surface area (Å²) < 4.78 is 11.4. The van der Waals surface area contributed by atoms with E-state index in [0.29, 0.717) is 55.7 Å². The molecule has 0 radical (unpaired) electrons. The Morgan fingerprint density at radius 1 is 1.14 bits per heavy atom. The Morgan fingerprint density at radius 2 is 1.89 bits per heavy atom. The predicted octanol–water partition coefficient (Wildman–Crippen LogP) is 3.37. The van der Waals surface area contributed by atoms with Crippen LogP contribution in [0.1, 0.15) is 41.7 Å². The van der Waals surface area contributed by atoms with Crippen molar-refractivity contribution in [2.24, 2.45) is 0 Å². The van der Waals surface area contributed by atoms with Crippen molar-refractivity contribution in [3.05, 3.63) is 40.4 Å². The maximum absolute atomic E-state index is 13.0. The summed E-state index contributed by atoms with van der Waals surface area (Å²) in [6.45, 7) is 10.3. The number of nitrogens with two attached hydrogens (primary N) is 1. The van der Waals surface area contributed by atoms with Gasteiger partial charge in [0.1, 0.15) is 27.7 Å². The zero-order chi connectivity index (χ0) is 26.3. The molecule has 37 heavy (non-hydrogen) atoms. The molecule has 1 unspecified atom stereocenters. The van der Waals surface area contributed by atoms with Crippen LogP contribution < -0.4 is 20.7 Å². The fourth-order valence-electron chi connectivity index (χ4n) is 4.47. The zero-order valence-corrected chi connectivity index (χ0v) is 22.4. The highest BCUT2D eigenvalue weighted by Crippen LogP contribution is 2.33. The maximum Gasteiger partial charge on any atom is 0.410 e. The number of amides is 2. The first-order valence-electron chi connectivity index (χ1n) is 12.4. The third-order valence-corrected chi connectivity index (χ3v) is 7.46. The Labute approximate surface area is 219 Å². The molecule has 2 aliphatic heterocycles. The Balaban J connectivity index is 1.19. The number of carbonyl (C=O) groups excluding carboxylic acids is 2. The first-order valence-corrected chi connectivity index (χ1v) is 13.2. The average Bonchev–Trinajstić information content (AvgIpc) is 3.18. The van der Waals surface area contributed by atoms with Crippen LogP contribution in [0.2, 0.25) is 0 Å². The topological polar surface area (TPSA) is 123 Å². The number of pyridine rings is 2. The molecule has 3 N–H and O–H groups in total. The summed E-state index contributed by atoms with van der Waals surface area (Å²) in [5.41, 5.74) is 8.02. The van der Waals surface area contributed by atoms with Crippen molar-refractivity contribution in [2.45, 2.75) is 45.8 Å². The largest absolute Gasteiger partial charge is 0.475 e. The summed E-state index contributed by atoms with van der Waals surface area (Å²) in [5, 5.41) is 3.85. The molecule has 3 aromatic rings. The van der Waals surface area contributed by atoms with E-state index < -0.39 is 5.60 Å². The van der Waals surface area contributed by atoms with Crippen molar-refractivity contribution >= 4 is 45.1 Å². The quantitative estimate of drug-likeness (QED) is 0.535. The van der Waals surface area contributed by atoms with E-state index in [9.17, 15) is 9.59 Å². The summed E-state index contributed by atoms with van der Waals surface area (Å²) in [5.74, 6) is 1.17. The highest BCUT2D eigenvalue weighted by molar-refractivity contribution is 7.21. The number of thiophene rings is 1. The van der Waals surface area contributed by atoms with Gasteiger partial charge in [0.2, 0.25) is 5.88 Å². The van der Waals surface area contributed by atoms with Gasteiger partial charge in [-0.2, -0.15) is 4.98 Å². The predicted molar refractivity (Wildman–Crippen MR) is 143 cm³/mol. The third kappa shape index (κ3) is 5.41. The Morgan fingerprint density at radius 3 is 2.62 bits per heavy atom. The number of carbonyl (C=O) groups is 2. The summed E-state index contributed by atoms with van der Waals surface area (Å²) in [6, 6.07) is 7.57. The molecule has 3 aromatic heterocycles. The van der Waals surface area contributed by atoms with Crippen LogP contribution in [0.4, 0.5) is 16.3 Å². The summed E-state index contributed by atoms with van der Waals surface area (Å²) >= 11 is 1.30. The number of hydrogen-bond donors (Lipinski definition) is 2. The van der Waals surface area contributed by atoms with Crippen LogP contribution >= 0.6 is 11.3 Å². The highest BCUT2D eigenvalue weighted by Gasteiger charge is 2.29. The number of anilines is 2. The summed E-state index contributed by atoms with van der Waals surface area (Å²) in [7, 11) is 0. The standard InChI is InChI=1S/C26H32N6O4S/c1-15-5-7-18-20(27)21(37-24(18)28-15)22(33)29-17-13-16-6-8-19(30-23(16)35-14-17)31-9-11-32(12-10-31)25(34)36-26(2,3)4/h5-8,17H,9-14,27H2,1-4H3,(H,29,33). The fraction of sp³-hybridized carbons (Fsp3) is 0.462. The van der Waals surface area contributed by atoms with Gasteiger partial charge < -0.3 is 30.3 Å². The third-order valence-electron chi connectivity index (χ3n) is 6.34. The van der Waals surface area contributed by atoms with E-state index in [1.807, 2.05) is 52.0 Å². The van der Waals surface area contributed by atoms with E-state index in [1.165, 1.54) is 11.3 Å². The fourth-order valence-corrected chi connectivity index (χ4v) is 5.51. The van der Waals surface area contributed by atoms with Crippen LogP contribution in [0.5, 0.6) is 5.88 Å². The van der Waals surface area contributed by atoms with Gasteiger partial charge in [-0.25, -0.2) is 9.78 Å². The van der Waals surface area contributed by atoms with Gasteiger partial charge in [-0.15, -0.1) is 11.3 Å². The van der Waals surface area contributed by atoms with Crippen LogP contribution in [0.15, 0.2) is 24.3 Å². The second kappa shape index (κ2) is 9.70. The Kier molecular flexibility index (Phi) is 6.57. The maximum atomic E-state index is 13.0.